The molecule has 0 spiro atoms. The number of rotatable bonds is 5. The number of aliphatic hydroxyl groups excluding tert-OH is 3. The van der Waals surface area contributed by atoms with E-state index in [9.17, 15) is 20.1 Å². The molecule has 1 fully saturated rings. The van der Waals surface area contributed by atoms with Gasteiger partial charge in [0.15, 0.2) is 6.29 Å². The highest BCUT2D eigenvalue weighted by atomic mass is 16.7. The molecule has 0 aromatic carbocycles. The number of hydrogen-bond donors (Lipinski definition) is 4. The van der Waals surface area contributed by atoms with Crippen LogP contribution in [0.1, 0.15) is 6.92 Å². The van der Waals surface area contributed by atoms with E-state index in [1.165, 1.54) is 0 Å². The predicted octanol–water partition coefficient (Wildman–Crippen LogP) is -1.87. The number of amides is 1. The SMILES string of the molecule is C=CC(=O)NCCOC1OC(C)C(O)C(O)C1O. The first-order valence-corrected chi connectivity index (χ1v) is 5.69. The molecule has 7 heteroatoms. The highest BCUT2D eigenvalue weighted by molar-refractivity contribution is 5.86. The summed E-state index contributed by atoms with van der Waals surface area (Å²) in [5, 5.41) is 31.1. The molecule has 0 bridgehead atoms. The van der Waals surface area contributed by atoms with Gasteiger partial charge in [-0.15, -0.1) is 0 Å². The van der Waals surface area contributed by atoms with Crippen LogP contribution in [0.25, 0.3) is 0 Å². The average Bonchev–Trinajstić information content (AvgIpc) is 2.37. The van der Waals surface area contributed by atoms with E-state index in [0.29, 0.717) is 0 Å². The number of carbonyl (C=O) groups excluding carboxylic acids is 1. The van der Waals surface area contributed by atoms with E-state index in [2.05, 4.69) is 11.9 Å². The summed E-state index contributed by atoms with van der Waals surface area (Å²) in [6, 6.07) is 0. The van der Waals surface area contributed by atoms with Crippen LogP contribution < -0.4 is 5.32 Å². The first-order valence-electron chi connectivity index (χ1n) is 5.69. The topological polar surface area (TPSA) is 108 Å². The summed E-state index contributed by atoms with van der Waals surface area (Å²) in [4.78, 5) is 10.8. The third-order valence-electron chi connectivity index (χ3n) is 2.68. The second-order valence-corrected chi connectivity index (χ2v) is 4.05. The van der Waals surface area contributed by atoms with Gasteiger partial charge in [0, 0.05) is 6.54 Å². The first kappa shape index (κ1) is 15.1. The molecule has 5 atom stereocenters. The Labute approximate surface area is 105 Å². The van der Waals surface area contributed by atoms with Gasteiger partial charge in [0.05, 0.1) is 12.7 Å². The molecule has 0 aliphatic carbocycles. The van der Waals surface area contributed by atoms with Crippen LogP contribution in [0.2, 0.25) is 0 Å². The molecule has 1 rings (SSSR count). The molecular weight excluding hydrogens is 242 g/mol. The minimum absolute atomic E-state index is 0.108. The van der Waals surface area contributed by atoms with Gasteiger partial charge in [0.2, 0.25) is 5.91 Å². The Morgan fingerprint density at radius 2 is 2.06 bits per heavy atom. The molecule has 0 radical (unpaired) electrons. The molecule has 4 N–H and O–H groups in total. The Kier molecular flexibility index (Phi) is 5.70. The second-order valence-electron chi connectivity index (χ2n) is 4.05. The summed E-state index contributed by atoms with van der Waals surface area (Å²) in [7, 11) is 0. The van der Waals surface area contributed by atoms with E-state index < -0.39 is 30.7 Å². The normalized spacial score (nSPS) is 36.1. The van der Waals surface area contributed by atoms with Crippen molar-refractivity contribution < 1.29 is 29.6 Å². The van der Waals surface area contributed by atoms with Crippen LogP contribution in [-0.4, -0.2) is 65.1 Å². The summed E-state index contributed by atoms with van der Waals surface area (Å²) in [5.41, 5.74) is 0. The van der Waals surface area contributed by atoms with Gasteiger partial charge < -0.3 is 30.1 Å². The van der Waals surface area contributed by atoms with Crippen molar-refractivity contribution in [3.8, 4) is 0 Å². The zero-order valence-corrected chi connectivity index (χ0v) is 10.2. The standard InChI is InChI=1S/C11H19NO6/c1-3-7(13)12-4-5-17-11-10(16)9(15)8(14)6(2)18-11/h3,6,8-11,14-16H,1,4-5H2,2H3,(H,12,13). The number of carbonyl (C=O) groups is 1. The smallest absolute Gasteiger partial charge is 0.243 e. The van der Waals surface area contributed by atoms with Gasteiger partial charge in [0.1, 0.15) is 18.3 Å². The quantitative estimate of drug-likeness (QED) is 0.341. The Bertz CT molecular complexity index is 297. The molecule has 1 saturated heterocycles. The maximum Gasteiger partial charge on any atom is 0.243 e. The van der Waals surface area contributed by atoms with Crippen LogP contribution in [0.15, 0.2) is 12.7 Å². The van der Waals surface area contributed by atoms with Crippen molar-refractivity contribution in [2.24, 2.45) is 0 Å². The molecule has 5 unspecified atom stereocenters. The fourth-order valence-electron chi connectivity index (χ4n) is 1.57. The molecule has 1 heterocycles. The van der Waals surface area contributed by atoms with Crippen LogP contribution in [-0.2, 0) is 14.3 Å². The second kappa shape index (κ2) is 6.81. The summed E-state index contributed by atoms with van der Waals surface area (Å²) < 4.78 is 10.4. The summed E-state index contributed by atoms with van der Waals surface area (Å²) in [6.07, 6.45) is -4.34. The van der Waals surface area contributed by atoms with Crippen LogP contribution >= 0.6 is 0 Å². The minimum atomic E-state index is -1.33. The van der Waals surface area contributed by atoms with Crippen molar-refractivity contribution in [2.45, 2.75) is 37.6 Å². The maximum atomic E-state index is 10.8. The van der Waals surface area contributed by atoms with Gasteiger partial charge in [-0.05, 0) is 13.0 Å². The third-order valence-corrected chi connectivity index (χ3v) is 2.68. The minimum Gasteiger partial charge on any atom is -0.388 e. The number of ether oxygens (including phenoxy) is 2. The Hall–Kier alpha value is -0.990. The van der Waals surface area contributed by atoms with Crippen molar-refractivity contribution in [3.05, 3.63) is 12.7 Å². The van der Waals surface area contributed by atoms with Gasteiger partial charge in [0.25, 0.3) is 0 Å². The van der Waals surface area contributed by atoms with E-state index in [1.54, 1.807) is 6.92 Å². The fraction of sp³-hybridized carbons (Fsp3) is 0.727. The molecular formula is C11H19NO6. The molecule has 0 saturated carbocycles. The van der Waals surface area contributed by atoms with Gasteiger partial charge in [-0.25, -0.2) is 0 Å². The van der Waals surface area contributed by atoms with Crippen LogP contribution in [0.4, 0.5) is 0 Å². The molecule has 1 amide bonds. The van der Waals surface area contributed by atoms with Crippen molar-refractivity contribution in [1.82, 2.24) is 5.32 Å². The van der Waals surface area contributed by atoms with E-state index in [-0.39, 0.29) is 19.1 Å². The summed E-state index contributed by atoms with van der Waals surface area (Å²) in [6.45, 7) is 5.19. The molecule has 0 aromatic rings. The number of nitrogens with one attached hydrogen (secondary N) is 1. The van der Waals surface area contributed by atoms with Gasteiger partial charge in [-0.3, -0.25) is 4.79 Å². The lowest BCUT2D eigenvalue weighted by Gasteiger charge is -2.38. The van der Waals surface area contributed by atoms with Gasteiger partial charge in [-0.2, -0.15) is 0 Å². The molecule has 1 aliphatic rings. The predicted molar refractivity (Wildman–Crippen MR) is 61.5 cm³/mol. The van der Waals surface area contributed by atoms with Gasteiger partial charge >= 0.3 is 0 Å². The Morgan fingerprint density at radius 1 is 1.39 bits per heavy atom. The average molecular weight is 261 g/mol. The number of aliphatic hydroxyl groups is 3. The zero-order valence-electron chi connectivity index (χ0n) is 10.2. The highest BCUT2D eigenvalue weighted by Crippen LogP contribution is 2.21. The molecule has 1 aliphatic heterocycles. The van der Waals surface area contributed by atoms with E-state index in [0.717, 1.165) is 6.08 Å². The van der Waals surface area contributed by atoms with Crippen molar-refractivity contribution in [1.29, 1.82) is 0 Å². The third kappa shape index (κ3) is 3.76. The molecule has 0 aromatic heterocycles. The Balaban J connectivity index is 2.33. The number of hydrogen-bond acceptors (Lipinski definition) is 6. The molecule has 18 heavy (non-hydrogen) atoms. The van der Waals surface area contributed by atoms with Crippen molar-refractivity contribution >= 4 is 5.91 Å². The summed E-state index contributed by atoms with van der Waals surface area (Å²) >= 11 is 0. The molecule has 104 valence electrons. The molecule has 7 nitrogen and oxygen atoms in total. The first-order chi connectivity index (χ1) is 8.47. The lowest BCUT2D eigenvalue weighted by atomic mass is 10.0. The fourth-order valence-corrected chi connectivity index (χ4v) is 1.57. The van der Waals surface area contributed by atoms with Gasteiger partial charge in [-0.1, -0.05) is 6.58 Å². The van der Waals surface area contributed by atoms with Crippen LogP contribution in [0, 0.1) is 0 Å². The van der Waals surface area contributed by atoms with Crippen LogP contribution in [0.5, 0.6) is 0 Å². The largest absolute Gasteiger partial charge is 0.388 e. The zero-order chi connectivity index (χ0) is 13.7. The van der Waals surface area contributed by atoms with E-state index in [1.807, 2.05) is 0 Å². The monoisotopic (exact) mass is 261 g/mol. The highest BCUT2D eigenvalue weighted by Gasteiger charge is 2.42. The Morgan fingerprint density at radius 3 is 2.67 bits per heavy atom. The lowest BCUT2D eigenvalue weighted by molar-refractivity contribution is -0.292. The van der Waals surface area contributed by atoms with Crippen molar-refractivity contribution in [2.75, 3.05) is 13.2 Å². The van der Waals surface area contributed by atoms with E-state index >= 15 is 0 Å². The van der Waals surface area contributed by atoms with E-state index in [4.69, 9.17) is 9.47 Å². The van der Waals surface area contributed by atoms with Crippen molar-refractivity contribution in [3.63, 3.8) is 0 Å². The summed E-state index contributed by atoms with van der Waals surface area (Å²) in [5.74, 6) is -0.326. The maximum absolute atomic E-state index is 10.8. The lowest BCUT2D eigenvalue weighted by Crippen LogP contribution is -2.57. The van der Waals surface area contributed by atoms with Crippen LogP contribution in [0.3, 0.4) is 0 Å².